The summed E-state index contributed by atoms with van der Waals surface area (Å²) < 4.78 is 4.83. The molecule has 1 aliphatic rings. The zero-order chi connectivity index (χ0) is 14.5. The van der Waals surface area contributed by atoms with Crippen LogP contribution >= 0.6 is 0 Å². The highest BCUT2D eigenvalue weighted by Gasteiger charge is 2.52. The lowest BCUT2D eigenvalue weighted by Crippen LogP contribution is -2.21. The molecule has 1 saturated carbocycles. The Labute approximate surface area is 114 Å². The lowest BCUT2D eigenvalue weighted by Gasteiger charge is -2.14. The maximum absolute atomic E-state index is 11.7. The van der Waals surface area contributed by atoms with Gasteiger partial charge in [0.15, 0.2) is 0 Å². The Balaban J connectivity index is 0.000000550. The minimum absolute atomic E-state index is 0.166. The van der Waals surface area contributed by atoms with E-state index >= 15 is 0 Å². The predicted octanol–water partition coefficient (Wildman–Crippen LogP) is 2.48. The molecular weight excluding hydrogens is 242 g/mol. The average molecular weight is 263 g/mol. The third-order valence-electron chi connectivity index (χ3n) is 3.34. The number of aliphatic imine (C=N–C) groups is 1. The number of methoxy groups -OCH3 is 1. The molecule has 0 amide bonds. The molecule has 19 heavy (non-hydrogen) atoms. The molecule has 1 aromatic carbocycles. The average Bonchev–Trinajstić information content (AvgIpc) is 3.21. The van der Waals surface area contributed by atoms with Crippen molar-refractivity contribution in [3.05, 3.63) is 29.3 Å². The van der Waals surface area contributed by atoms with Gasteiger partial charge in [-0.2, -0.15) is 0 Å². The lowest BCUT2D eigenvalue weighted by molar-refractivity contribution is -0.143. The first-order chi connectivity index (χ1) is 9.05. The maximum Gasteiger partial charge on any atom is 0.316 e. The van der Waals surface area contributed by atoms with E-state index in [9.17, 15) is 9.90 Å². The van der Waals surface area contributed by atoms with Crippen LogP contribution in [-0.4, -0.2) is 32.0 Å². The van der Waals surface area contributed by atoms with Crippen molar-refractivity contribution in [2.45, 2.75) is 31.6 Å². The molecule has 0 radical (unpaired) electrons. The van der Waals surface area contributed by atoms with Crippen molar-refractivity contribution in [2.24, 2.45) is 4.99 Å². The highest BCUT2D eigenvalue weighted by molar-refractivity contribution is 5.86. The Morgan fingerprint density at radius 1 is 1.53 bits per heavy atom. The van der Waals surface area contributed by atoms with E-state index in [-0.39, 0.29) is 5.97 Å². The number of rotatable bonds is 3. The molecule has 4 heteroatoms. The molecule has 0 aromatic heterocycles. The Morgan fingerprint density at radius 3 is 2.53 bits per heavy atom. The van der Waals surface area contributed by atoms with Crippen molar-refractivity contribution in [1.82, 2.24) is 0 Å². The van der Waals surface area contributed by atoms with E-state index in [0.29, 0.717) is 5.75 Å². The molecule has 1 N–H and O–H groups in total. The van der Waals surface area contributed by atoms with E-state index in [2.05, 4.69) is 11.7 Å². The molecular formula is C15H21NO3. The molecule has 1 aromatic rings. The monoisotopic (exact) mass is 263 g/mol. The Morgan fingerprint density at radius 2 is 2.11 bits per heavy atom. The van der Waals surface area contributed by atoms with Crippen molar-refractivity contribution in [3.8, 4) is 5.75 Å². The molecule has 0 unspecified atom stereocenters. The third kappa shape index (κ3) is 3.13. The molecule has 1 aliphatic carbocycles. The number of ether oxygens (including phenoxy) is 1. The normalized spacial score (nSPS) is 14.9. The van der Waals surface area contributed by atoms with E-state index < -0.39 is 5.41 Å². The standard InChI is InChI=1S/C13H16O3.C2H5N/c1-3-9-8-10(4-5-11(9)14)13(6-7-13)12(15)16-2;1-3-2/h4-5,8,14H,3,6-7H2,1-2H3;1H2,2H3. The smallest absolute Gasteiger partial charge is 0.316 e. The van der Waals surface area contributed by atoms with Crippen LogP contribution in [-0.2, 0) is 21.4 Å². The first-order valence-electron chi connectivity index (χ1n) is 6.31. The number of benzene rings is 1. The number of aryl methyl sites for hydroxylation is 1. The topological polar surface area (TPSA) is 58.9 Å². The van der Waals surface area contributed by atoms with E-state index in [1.165, 1.54) is 7.11 Å². The number of carbonyl (C=O) groups excluding carboxylic acids is 1. The highest BCUT2D eigenvalue weighted by atomic mass is 16.5. The Bertz CT molecular complexity index is 464. The van der Waals surface area contributed by atoms with Crippen LogP contribution in [0.2, 0.25) is 0 Å². The van der Waals surface area contributed by atoms with Gasteiger partial charge in [-0.25, -0.2) is 0 Å². The van der Waals surface area contributed by atoms with Gasteiger partial charge in [0.25, 0.3) is 0 Å². The van der Waals surface area contributed by atoms with Gasteiger partial charge in [0.2, 0.25) is 0 Å². The maximum atomic E-state index is 11.7. The van der Waals surface area contributed by atoms with Gasteiger partial charge in [-0.05, 0) is 43.2 Å². The summed E-state index contributed by atoms with van der Waals surface area (Å²) in [6.45, 7) is 5.09. The van der Waals surface area contributed by atoms with Crippen LogP contribution in [0, 0.1) is 0 Å². The number of nitrogens with zero attached hydrogens (tertiary/aromatic N) is 1. The van der Waals surface area contributed by atoms with Crippen molar-refractivity contribution < 1.29 is 14.6 Å². The molecule has 2 rings (SSSR count). The number of phenolic OH excluding ortho intramolecular Hbond substituents is 1. The fraction of sp³-hybridized carbons (Fsp3) is 0.467. The van der Waals surface area contributed by atoms with Crippen molar-refractivity contribution in [2.75, 3.05) is 14.2 Å². The quantitative estimate of drug-likeness (QED) is 0.673. The number of esters is 1. The summed E-state index contributed by atoms with van der Waals surface area (Å²) in [6.07, 6.45) is 2.44. The number of carbonyl (C=O) groups is 1. The Kier molecular flexibility index (Phi) is 5.10. The largest absolute Gasteiger partial charge is 0.508 e. The van der Waals surface area contributed by atoms with E-state index in [1.54, 1.807) is 13.1 Å². The van der Waals surface area contributed by atoms with Crippen LogP contribution in [0.1, 0.15) is 30.9 Å². The van der Waals surface area contributed by atoms with Gasteiger partial charge in [-0.1, -0.05) is 19.1 Å². The zero-order valence-electron chi connectivity index (χ0n) is 11.8. The van der Waals surface area contributed by atoms with Gasteiger partial charge < -0.3 is 14.8 Å². The van der Waals surface area contributed by atoms with Crippen LogP contribution in [0.15, 0.2) is 23.2 Å². The summed E-state index contributed by atoms with van der Waals surface area (Å²) in [5.74, 6) is 0.132. The number of hydrogen-bond acceptors (Lipinski definition) is 4. The van der Waals surface area contributed by atoms with Crippen LogP contribution in [0.3, 0.4) is 0 Å². The molecule has 0 bridgehead atoms. The molecule has 0 atom stereocenters. The van der Waals surface area contributed by atoms with Gasteiger partial charge >= 0.3 is 5.97 Å². The number of aromatic hydroxyl groups is 1. The van der Waals surface area contributed by atoms with Crippen LogP contribution < -0.4 is 0 Å². The van der Waals surface area contributed by atoms with Crippen LogP contribution in [0.5, 0.6) is 5.75 Å². The molecule has 104 valence electrons. The van der Waals surface area contributed by atoms with Gasteiger partial charge in [0.1, 0.15) is 5.75 Å². The minimum Gasteiger partial charge on any atom is -0.508 e. The van der Waals surface area contributed by atoms with Gasteiger partial charge in [-0.3, -0.25) is 4.79 Å². The van der Waals surface area contributed by atoms with Crippen molar-refractivity contribution in [1.29, 1.82) is 0 Å². The van der Waals surface area contributed by atoms with Crippen LogP contribution in [0.25, 0.3) is 0 Å². The van der Waals surface area contributed by atoms with E-state index in [4.69, 9.17) is 4.74 Å². The second-order valence-corrected chi connectivity index (χ2v) is 4.59. The first kappa shape index (κ1) is 15.2. The van der Waals surface area contributed by atoms with E-state index in [1.807, 2.05) is 19.1 Å². The SMILES string of the molecule is C=NC.CCc1cc(C2(C(=O)OC)CC2)ccc1O. The molecule has 0 heterocycles. The highest BCUT2D eigenvalue weighted by Crippen LogP contribution is 2.49. The first-order valence-corrected chi connectivity index (χ1v) is 6.31. The molecule has 0 saturated heterocycles. The number of phenols is 1. The summed E-state index contributed by atoms with van der Waals surface area (Å²) in [4.78, 5) is 14.9. The van der Waals surface area contributed by atoms with Crippen molar-refractivity contribution in [3.63, 3.8) is 0 Å². The van der Waals surface area contributed by atoms with Gasteiger partial charge in [0.05, 0.1) is 12.5 Å². The van der Waals surface area contributed by atoms with Crippen molar-refractivity contribution >= 4 is 12.7 Å². The summed E-state index contributed by atoms with van der Waals surface area (Å²) in [5, 5.41) is 9.60. The van der Waals surface area contributed by atoms with E-state index in [0.717, 1.165) is 30.4 Å². The minimum atomic E-state index is -0.438. The molecule has 1 fully saturated rings. The summed E-state index contributed by atoms with van der Waals surface area (Å²) in [6, 6.07) is 5.40. The molecule has 0 aliphatic heterocycles. The zero-order valence-corrected chi connectivity index (χ0v) is 11.8. The lowest BCUT2D eigenvalue weighted by atomic mass is 9.93. The van der Waals surface area contributed by atoms with Gasteiger partial charge in [0, 0.05) is 7.05 Å². The van der Waals surface area contributed by atoms with Gasteiger partial charge in [-0.15, -0.1) is 0 Å². The second kappa shape index (κ2) is 6.36. The third-order valence-corrected chi connectivity index (χ3v) is 3.34. The van der Waals surface area contributed by atoms with Crippen LogP contribution in [0.4, 0.5) is 0 Å². The molecule has 4 nitrogen and oxygen atoms in total. The summed E-state index contributed by atoms with van der Waals surface area (Å²) >= 11 is 0. The number of hydrogen-bond donors (Lipinski definition) is 1. The summed E-state index contributed by atoms with van der Waals surface area (Å²) in [5.41, 5.74) is 1.41. The fourth-order valence-corrected chi connectivity index (χ4v) is 2.10. The summed E-state index contributed by atoms with van der Waals surface area (Å²) in [7, 11) is 3.06. The predicted molar refractivity (Wildman–Crippen MR) is 75.9 cm³/mol. The second-order valence-electron chi connectivity index (χ2n) is 4.59. The fourth-order valence-electron chi connectivity index (χ4n) is 2.10. The Hall–Kier alpha value is -1.84. The molecule has 0 spiro atoms.